The molecule has 1 N–H and O–H groups in total. The van der Waals surface area contributed by atoms with Crippen LogP contribution in [-0.2, 0) is 0 Å². The Morgan fingerprint density at radius 1 is 0.846 bits per heavy atom. The van der Waals surface area contributed by atoms with E-state index in [1.165, 1.54) is 0 Å². The molecular weight excluding hydrogens is 322 g/mol. The maximum atomic E-state index is 11.1. The number of nitrogens with zero attached hydrogens (tertiary/aromatic N) is 1. The molecule has 0 radical (unpaired) electrons. The molecule has 0 heterocycles. The maximum absolute atomic E-state index is 11.1. The van der Waals surface area contributed by atoms with Crippen LogP contribution in [0.5, 0.6) is 5.75 Å². The van der Waals surface area contributed by atoms with Gasteiger partial charge in [0.15, 0.2) is 0 Å². The standard InChI is InChI=1S/C23H23NO2/c1-3-22(23(25)18-14-16-21(26-2)17-15-18)24(19-10-6-4-7-11-19)20-12-8-5-9-13-20/h3-17,22-23,25H,1H2,2H3/t22-,23+/m0/s1. The van der Waals surface area contributed by atoms with Gasteiger partial charge in [0.25, 0.3) is 0 Å². The molecule has 0 saturated heterocycles. The summed E-state index contributed by atoms with van der Waals surface area (Å²) in [5.74, 6) is 0.763. The molecule has 3 heteroatoms. The molecule has 0 bridgehead atoms. The Hall–Kier alpha value is -3.04. The fourth-order valence-electron chi connectivity index (χ4n) is 3.04. The van der Waals surface area contributed by atoms with Crippen molar-refractivity contribution in [3.05, 3.63) is 103 Å². The van der Waals surface area contributed by atoms with Gasteiger partial charge in [0.05, 0.1) is 13.2 Å². The van der Waals surface area contributed by atoms with Crippen LogP contribution in [0.25, 0.3) is 0 Å². The van der Waals surface area contributed by atoms with Gasteiger partial charge >= 0.3 is 0 Å². The topological polar surface area (TPSA) is 32.7 Å². The molecule has 0 aliphatic carbocycles. The molecule has 0 unspecified atom stereocenters. The van der Waals surface area contributed by atoms with Gasteiger partial charge in [-0.25, -0.2) is 0 Å². The molecule has 0 aliphatic heterocycles. The van der Waals surface area contributed by atoms with E-state index in [-0.39, 0.29) is 6.04 Å². The van der Waals surface area contributed by atoms with Crippen LogP contribution in [0.4, 0.5) is 11.4 Å². The predicted molar refractivity (Wildman–Crippen MR) is 107 cm³/mol. The van der Waals surface area contributed by atoms with E-state index in [1.807, 2.05) is 84.9 Å². The first-order valence-electron chi connectivity index (χ1n) is 8.58. The molecule has 0 amide bonds. The Labute approximate surface area is 154 Å². The second kappa shape index (κ2) is 8.37. The van der Waals surface area contributed by atoms with Gasteiger partial charge < -0.3 is 14.7 Å². The van der Waals surface area contributed by atoms with Crippen molar-refractivity contribution in [2.75, 3.05) is 12.0 Å². The van der Waals surface area contributed by atoms with E-state index in [9.17, 15) is 5.11 Å². The normalized spacial score (nSPS) is 12.8. The van der Waals surface area contributed by atoms with Crippen molar-refractivity contribution in [1.29, 1.82) is 0 Å². The highest BCUT2D eigenvalue weighted by Gasteiger charge is 2.26. The second-order valence-electron chi connectivity index (χ2n) is 5.99. The van der Waals surface area contributed by atoms with Crippen molar-refractivity contribution in [3.63, 3.8) is 0 Å². The van der Waals surface area contributed by atoms with Crippen LogP contribution in [0.15, 0.2) is 97.6 Å². The third kappa shape index (κ3) is 3.79. The van der Waals surface area contributed by atoms with Gasteiger partial charge in [-0.2, -0.15) is 0 Å². The molecule has 3 aromatic rings. The summed E-state index contributed by atoms with van der Waals surface area (Å²) in [6.07, 6.45) is 1.05. The van der Waals surface area contributed by atoms with E-state index in [0.717, 1.165) is 22.7 Å². The van der Waals surface area contributed by atoms with E-state index in [0.29, 0.717) is 0 Å². The zero-order valence-electron chi connectivity index (χ0n) is 14.8. The van der Waals surface area contributed by atoms with Gasteiger partial charge in [-0.3, -0.25) is 0 Å². The van der Waals surface area contributed by atoms with E-state index in [4.69, 9.17) is 4.74 Å². The van der Waals surface area contributed by atoms with Crippen LogP contribution < -0.4 is 9.64 Å². The molecule has 0 spiro atoms. The average Bonchev–Trinajstić information content (AvgIpc) is 2.72. The summed E-state index contributed by atoms with van der Waals surface area (Å²) in [4.78, 5) is 2.10. The number of methoxy groups -OCH3 is 1. The van der Waals surface area contributed by atoms with Crippen molar-refractivity contribution in [2.45, 2.75) is 12.1 Å². The van der Waals surface area contributed by atoms with E-state index in [2.05, 4.69) is 11.5 Å². The Balaban J connectivity index is 2.01. The monoisotopic (exact) mass is 345 g/mol. The molecule has 26 heavy (non-hydrogen) atoms. The number of ether oxygens (including phenoxy) is 1. The summed E-state index contributed by atoms with van der Waals surface area (Å²) in [5.41, 5.74) is 2.81. The Bertz CT molecular complexity index is 776. The molecule has 0 aromatic heterocycles. The highest BCUT2D eigenvalue weighted by atomic mass is 16.5. The number of hydrogen-bond donors (Lipinski definition) is 1. The highest BCUT2D eigenvalue weighted by Crippen LogP contribution is 2.33. The number of anilines is 2. The predicted octanol–water partition coefficient (Wildman–Crippen LogP) is 5.12. The lowest BCUT2D eigenvalue weighted by atomic mass is 9.99. The second-order valence-corrected chi connectivity index (χ2v) is 5.99. The molecule has 0 aliphatic rings. The van der Waals surface area contributed by atoms with Gasteiger partial charge in [0, 0.05) is 11.4 Å². The smallest absolute Gasteiger partial charge is 0.118 e. The summed E-state index contributed by atoms with van der Waals surface area (Å²) in [6.45, 7) is 3.99. The average molecular weight is 345 g/mol. The fourth-order valence-corrected chi connectivity index (χ4v) is 3.04. The number of para-hydroxylation sites is 2. The molecule has 132 valence electrons. The van der Waals surface area contributed by atoms with Crippen LogP contribution in [0.3, 0.4) is 0 Å². The number of benzene rings is 3. The summed E-state index contributed by atoms with van der Waals surface area (Å²) < 4.78 is 5.21. The Morgan fingerprint density at radius 2 is 1.35 bits per heavy atom. The van der Waals surface area contributed by atoms with Crippen molar-refractivity contribution in [1.82, 2.24) is 0 Å². The number of aliphatic hydroxyl groups excluding tert-OH is 1. The molecule has 3 aromatic carbocycles. The molecule has 0 fully saturated rings. The van der Waals surface area contributed by atoms with Crippen molar-refractivity contribution >= 4 is 11.4 Å². The first-order chi connectivity index (χ1) is 12.7. The zero-order valence-corrected chi connectivity index (χ0v) is 14.8. The Morgan fingerprint density at radius 3 is 1.77 bits per heavy atom. The molecule has 2 atom stereocenters. The minimum atomic E-state index is -0.737. The van der Waals surface area contributed by atoms with Gasteiger partial charge in [0.1, 0.15) is 11.9 Å². The molecular formula is C23H23NO2. The van der Waals surface area contributed by atoms with Gasteiger partial charge in [-0.05, 0) is 42.0 Å². The number of hydrogen-bond acceptors (Lipinski definition) is 3. The van der Waals surface area contributed by atoms with Crippen molar-refractivity contribution < 1.29 is 9.84 Å². The van der Waals surface area contributed by atoms with Crippen LogP contribution in [0, 0.1) is 0 Å². The van der Waals surface area contributed by atoms with Crippen LogP contribution in [0.1, 0.15) is 11.7 Å². The third-order valence-electron chi connectivity index (χ3n) is 4.39. The van der Waals surface area contributed by atoms with Crippen LogP contribution in [0.2, 0.25) is 0 Å². The quantitative estimate of drug-likeness (QED) is 0.603. The largest absolute Gasteiger partial charge is 0.497 e. The lowest BCUT2D eigenvalue weighted by Gasteiger charge is -2.35. The van der Waals surface area contributed by atoms with Crippen LogP contribution in [-0.4, -0.2) is 18.3 Å². The van der Waals surface area contributed by atoms with Gasteiger partial charge in [0.2, 0.25) is 0 Å². The van der Waals surface area contributed by atoms with Crippen LogP contribution >= 0.6 is 0 Å². The third-order valence-corrected chi connectivity index (χ3v) is 4.39. The highest BCUT2D eigenvalue weighted by molar-refractivity contribution is 5.65. The first-order valence-corrected chi connectivity index (χ1v) is 8.58. The molecule has 3 rings (SSSR count). The minimum Gasteiger partial charge on any atom is -0.497 e. The SMILES string of the molecule is C=C[C@@H]([C@H](O)c1ccc(OC)cc1)N(c1ccccc1)c1ccccc1. The van der Waals surface area contributed by atoms with Crippen molar-refractivity contribution in [2.24, 2.45) is 0 Å². The minimum absolute atomic E-state index is 0.326. The lowest BCUT2D eigenvalue weighted by molar-refractivity contribution is 0.163. The number of aliphatic hydroxyl groups is 1. The summed E-state index contributed by atoms with van der Waals surface area (Å²) >= 11 is 0. The first kappa shape index (κ1) is 17.8. The maximum Gasteiger partial charge on any atom is 0.118 e. The number of rotatable bonds is 7. The zero-order chi connectivity index (χ0) is 18.4. The van der Waals surface area contributed by atoms with Gasteiger partial charge in [-0.1, -0.05) is 54.6 Å². The summed E-state index contributed by atoms with van der Waals surface area (Å²) in [6, 6.07) is 27.2. The Kier molecular flexibility index (Phi) is 5.72. The molecule has 3 nitrogen and oxygen atoms in total. The lowest BCUT2D eigenvalue weighted by Crippen LogP contribution is -2.34. The molecule has 0 saturated carbocycles. The van der Waals surface area contributed by atoms with E-state index in [1.54, 1.807) is 13.2 Å². The van der Waals surface area contributed by atoms with Crippen molar-refractivity contribution in [3.8, 4) is 5.75 Å². The summed E-state index contributed by atoms with van der Waals surface area (Å²) in [7, 11) is 1.63. The van der Waals surface area contributed by atoms with E-state index < -0.39 is 6.10 Å². The van der Waals surface area contributed by atoms with Gasteiger partial charge in [-0.15, -0.1) is 6.58 Å². The van der Waals surface area contributed by atoms with E-state index >= 15 is 0 Å². The fraction of sp³-hybridized carbons (Fsp3) is 0.130. The summed E-state index contributed by atoms with van der Waals surface area (Å²) in [5, 5.41) is 11.1.